The van der Waals surface area contributed by atoms with Crippen LogP contribution in [0.2, 0.25) is 0 Å². The number of benzene rings is 1. The molecule has 1 aromatic rings. The molecular formula is C14H17F3N2O4. The van der Waals surface area contributed by atoms with Gasteiger partial charge in [-0.3, -0.25) is 5.32 Å². The van der Waals surface area contributed by atoms with Crippen LogP contribution in [0.25, 0.3) is 0 Å². The minimum absolute atomic E-state index is 0.117. The van der Waals surface area contributed by atoms with E-state index in [0.29, 0.717) is 19.1 Å². The molecule has 1 aromatic carbocycles. The summed E-state index contributed by atoms with van der Waals surface area (Å²) in [6.07, 6.45) is -4.22. The molecule has 9 heteroatoms. The molecule has 1 aliphatic rings. The number of rotatable bonds is 4. The number of nitrogens with one attached hydrogen (secondary N) is 1. The molecule has 1 unspecified atom stereocenters. The lowest BCUT2D eigenvalue weighted by Gasteiger charge is -2.24. The van der Waals surface area contributed by atoms with Gasteiger partial charge in [-0.25, -0.2) is 4.79 Å². The molecule has 0 radical (unpaired) electrons. The Morgan fingerprint density at radius 3 is 2.74 bits per heavy atom. The van der Waals surface area contributed by atoms with Gasteiger partial charge in [0, 0.05) is 6.61 Å². The second-order valence-corrected chi connectivity index (χ2v) is 5.13. The monoisotopic (exact) mass is 334 g/mol. The standard InChI is InChI=1S/C14H17F3N2O4/c15-14(16,17)9-6-10(18)11(19-13(20)21)5-8(9)7-23-12-3-1-2-4-22-12/h5-6,12,19H,1-4,7,18H2,(H,20,21). The van der Waals surface area contributed by atoms with Crippen molar-refractivity contribution in [2.24, 2.45) is 0 Å². The van der Waals surface area contributed by atoms with Crippen molar-refractivity contribution < 1.29 is 32.5 Å². The van der Waals surface area contributed by atoms with Crippen molar-refractivity contribution >= 4 is 17.5 Å². The number of nitrogen functional groups attached to an aromatic ring is 1. The Hall–Kier alpha value is -2.00. The molecule has 2 rings (SSSR count). The Morgan fingerprint density at radius 1 is 1.43 bits per heavy atom. The summed E-state index contributed by atoms with van der Waals surface area (Å²) < 4.78 is 50.0. The molecule has 1 fully saturated rings. The third-order valence-electron chi connectivity index (χ3n) is 3.39. The maximum absolute atomic E-state index is 13.1. The lowest BCUT2D eigenvalue weighted by Crippen LogP contribution is -2.23. The average molecular weight is 334 g/mol. The van der Waals surface area contributed by atoms with E-state index < -0.39 is 24.1 Å². The van der Waals surface area contributed by atoms with Crippen LogP contribution in [-0.2, 0) is 22.3 Å². The van der Waals surface area contributed by atoms with Crippen molar-refractivity contribution in [3.8, 4) is 0 Å². The fourth-order valence-corrected chi connectivity index (χ4v) is 2.29. The Bertz CT molecular complexity index is 572. The van der Waals surface area contributed by atoms with Crippen LogP contribution < -0.4 is 11.1 Å². The summed E-state index contributed by atoms with van der Waals surface area (Å²) in [6, 6.07) is 1.74. The van der Waals surface area contributed by atoms with Gasteiger partial charge in [0.15, 0.2) is 6.29 Å². The number of nitrogens with two attached hydrogens (primary N) is 1. The lowest BCUT2D eigenvalue weighted by molar-refractivity contribution is -0.171. The van der Waals surface area contributed by atoms with E-state index in [1.807, 2.05) is 5.32 Å². The van der Waals surface area contributed by atoms with Crippen LogP contribution in [0.3, 0.4) is 0 Å². The highest BCUT2D eigenvalue weighted by molar-refractivity contribution is 5.88. The van der Waals surface area contributed by atoms with Crippen LogP contribution >= 0.6 is 0 Å². The van der Waals surface area contributed by atoms with Gasteiger partial charge in [-0.1, -0.05) is 0 Å². The molecule has 128 valence electrons. The summed E-state index contributed by atoms with van der Waals surface area (Å²) in [4.78, 5) is 10.7. The summed E-state index contributed by atoms with van der Waals surface area (Å²) in [5, 5.41) is 10.7. The fourth-order valence-electron chi connectivity index (χ4n) is 2.29. The summed E-state index contributed by atoms with van der Waals surface area (Å²) in [5.41, 5.74) is 3.90. The van der Waals surface area contributed by atoms with Crippen molar-refractivity contribution in [2.45, 2.75) is 38.3 Å². The molecule has 1 aliphatic heterocycles. The third kappa shape index (κ3) is 4.73. The Balaban J connectivity index is 2.23. The van der Waals surface area contributed by atoms with Gasteiger partial charge in [0.1, 0.15) is 0 Å². The largest absolute Gasteiger partial charge is 0.465 e. The summed E-state index contributed by atoms with van der Waals surface area (Å²) in [5.74, 6) is 0. The fraction of sp³-hybridized carbons (Fsp3) is 0.500. The molecule has 0 aliphatic carbocycles. The Morgan fingerprint density at radius 2 is 2.17 bits per heavy atom. The topological polar surface area (TPSA) is 93.8 Å². The number of amides is 1. The van der Waals surface area contributed by atoms with Crippen LogP contribution in [0.15, 0.2) is 12.1 Å². The van der Waals surface area contributed by atoms with Crippen molar-refractivity contribution in [1.29, 1.82) is 0 Å². The summed E-state index contributed by atoms with van der Waals surface area (Å²) in [7, 11) is 0. The number of carbonyl (C=O) groups is 1. The van der Waals surface area contributed by atoms with E-state index in [4.69, 9.17) is 20.3 Å². The minimum Gasteiger partial charge on any atom is -0.465 e. The molecule has 1 atom stereocenters. The molecule has 0 bridgehead atoms. The smallest absolute Gasteiger partial charge is 0.416 e. The zero-order valence-corrected chi connectivity index (χ0v) is 12.2. The maximum Gasteiger partial charge on any atom is 0.416 e. The lowest BCUT2D eigenvalue weighted by atomic mass is 10.0. The first-order valence-corrected chi connectivity index (χ1v) is 7.00. The van der Waals surface area contributed by atoms with Crippen molar-refractivity contribution in [2.75, 3.05) is 17.7 Å². The van der Waals surface area contributed by atoms with Gasteiger partial charge in [0.2, 0.25) is 0 Å². The minimum atomic E-state index is -4.62. The van der Waals surface area contributed by atoms with E-state index in [1.165, 1.54) is 0 Å². The Kier molecular flexibility index (Phi) is 5.32. The van der Waals surface area contributed by atoms with Gasteiger partial charge >= 0.3 is 12.3 Å². The van der Waals surface area contributed by atoms with Crippen LogP contribution in [0.1, 0.15) is 30.4 Å². The van der Waals surface area contributed by atoms with E-state index in [1.54, 1.807) is 0 Å². The van der Waals surface area contributed by atoms with Crippen LogP contribution in [-0.4, -0.2) is 24.1 Å². The van der Waals surface area contributed by atoms with Gasteiger partial charge in [0.05, 0.1) is 23.5 Å². The second-order valence-electron chi connectivity index (χ2n) is 5.13. The number of anilines is 2. The molecule has 0 saturated carbocycles. The number of alkyl halides is 3. The number of ether oxygens (including phenoxy) is 2. The molecule has 1 amide bonds. The molecule has 1 heterocycles. The molecular weight excluding hydrogens is 317 g/mol. The van der Waals surface area contributed by atoms with E-state index in [-0.39, 0.29) is 23.5 Å². The first-order valence-electron chi connectivity index (χ1n) is 7.00. The quantitative estimate of drug-likeness (QED) is 0.734. The van der Waals surface area contributed by atoms with E-state index in [9.17, 15) is 18.0 Å². The second kappa shape index (κ2) is 7.05. The normalized spacial score (nSPS) is 18.7. The first-order chi connectivity index (χ1) is 10.8. The van der Waals surface area contributed by atoms with E-state index in [2.05, 4.69) is 0 Å². The molecule has 4 N–H and O–H groups in total. The van der Waals surface area contributed by atoms with E-state index >= 15 is 0 Å². The molecule has 6 nitrogen and oxygen atoms in total. The molecule has 0 aromatic heterocycles. The third-order valence-corrected chi connectivity index (χ3v) is 3.39. The summed E-state index contributed by atoms with van der Waals surface area (Å²) in [6.45, 7) is 0.151. The van der Waals surface area contributed by atoms with Crippen molar-refractivity contribution in [3.63, 3.8) is 0 Å². The van der Waals surface area contributed by atoms with Gasteiger partial charge in [-0.2, -0.15) is 13.2 Å². The van der Waals surface area contributed by atoms with Crippen LogP contribution in [0.5, 0.6) is 0 Å². The molecule has 0 spiro atoms. The van der Waals surface area contributed by atoms with Gasteiger partial charge in [-0.05, 0) is 37.0 Å². The van der Waals surface area contributed by atoms with Gasteiger partial charge in [0.25, 0.3) is 0 Å². The predicted molar refractivity (Wildman–Crippen MR) is 75.9 cm³/mol. The average Bonchev–Trinajstić information content (AvgIpc) is 2.47. The highest BCUT2D eigenvalue weighted by Crippen LogP contribution is 2.36. The first kappa shape index (κ1) is 17.4. The summed E-state index contributed by atoms with van der Waals surface area (Å²) >= 11 is 0. The van der Waals surface area contributed by atoms with Gasteiger partial charge < -0.3 is 20.3 Å². The van der Waals surface area contributed by atoms with Gasteiger partial charge in [-0.15, -0.1) is 0 Å². The predicted octanol–water partition coefficient (Wildman–Crippen LogP) is 3.42. The zero-order valence-electron chi connectivity index (χ0n) is 12.2. The van der Waals surface area contributed by atoms with Crippen molar-refractivity contribution in [1.82, 2.24) is 0 Å². The highest BCUT2D eigenvalue weighted by Gasteiger charge is 2.34. The maximum atomic E-state index is 13.1. The van der Waals surface area contributed by atoms with Crippen LogP contribution in [0, 0.1) is 0 Å². The number of carboxylic acid groups (broad SMARTS) is 1. The van der Waals surface area contributed by atoms with Crippen LogP contribution in [0.4, 0.5) is 29.3 Å². The SMILES string of the molecule is Nc1cc(C(F)(F)F)c(COC2CCCCO2)cc1NC(=O)O. The Labute approximate surface area is 130 Å². The van der Waals surface area contributed by atoms with Crippen molar-refractivity contribution in [3.05, 3.63) is 23.3 Å². The zero-order chi connectivity index (χ0) is 17.0. The number of hydrogen-bond donors (Lipinski definition) is 3. The molecule has 23 heavy (non-hydrogen) atoms. The highest BCUT2D eigenvalue weighted by atomic mass is 19.4. The molecule has 1 saturated heterocycles. The van der Waals surface area contributed by atoms with E-state index in [0.717, 1.165) is 18.9 Å². The number of hydrogen-bond acceptors (Lipinski definition) is 4. The number of halogens is 3.